The number of benzene rings is 1. The lowest BCUT2D eigenvalue weighted by molar-refractivity contribution is -0.130. The van der Waals surface area contributed by atoms with Crippen molar-refractivity contribution in [3.8, 4) is 11.3 Å². The molecule has 7 heteroatoms. The zero-order valence-corrected chi connectivity index (χ0v) is 21.4. The summed E-state index contributed by atoms with van der Waals surface area (Å²) in [5, 5.41) is 0.687. The average Bonchev–Trinajstić information content (AvgIpc) is 3.33. The molecule has 1 aromatic heterocycles. The number of rotatable bonds is 6. The normalized spacial score (nSPS) is 31.3. The summed E-state index contributed by atoms with van der Waals surface area (Å²) in [7, 11) is 0. The minimum absolute atomic E-state index is 0.0571. The van der Waals surface area contributed by atoms with Crippen LogP contribution in [-0.4, -0.2) is 27.7 Å². The Morgan fingerprint density at radius 2 is 1.79 bits per heavy atom. The van der Waals surface area contributed by atoms with E-state index in [0.717, 1.165) is 47.3 Å². The fraction of sp³-hybridized carbons (Fsp3) is 0.481. The number of carbonyl (C=O) groups is 1. The van der Waals surface area contributed by atoms with Crippen LogP contribution in [0.3, 0.4) is 0 Å². The first-order valence-electron chi connectivity index (χ1n) is 12.4. The predicted molar refractivity (Wildman–Crippen MR) is 142 cm³/mol. The largest absolute Gasteiger partial charge is 0.456 e. The van der Waals surface area contributed by atoms with Crippen LogP contribution in [0, 0.1) is 23.7 Å². The van der Waals surface area contributed by atoms with Crippen LogP contribution >= 0.6 is 35.6 Å². The van der Waals surface area contributed by atoms with E-state index in [2.05, 4.69) is 6.07 Å². The number of aryl methyl sites for hydroxylation is 1. The maximum atomic E-state index is 13.7. The summed E-state index contributed by atoms with van der Waals surface area (Å²) in [5.74, 6) is 4.51. The van der Waals surface area contributed by atoms with Crippen LogP contribution < -0.4 is 5.73 Å². The molecular weight excluding hydrogens is 484 g/mol. The van der Waals surface area contributed by atoms with Crippen molar-refractivity contribution in [2.24, 2.45) is 29.4 Å². The lowest BCUT2D eigenvalue weighted by Crippen LogP contribution is -2.57. The molecule has 1 aromatic carbocycles. The third-order valence-corrected chi connectivity index (χ3v) is 9.76. The van der Waals surface area contributed by atoms with Gasteiger partial charge in [-0.05, 0) is 111 Å². The third kappa shape index (κ3) is 4.06. The van der Waals surface area contributed by atoms with E-state index < -0.39 is 0 Å². The first-order chi connectivity index (χ1) is 16.5. The number of amides is 1. The Morgan fingerprint density at radius 3 is 2.44 bits per heavy atom. The lowest BCUT2D eigenvalue weighted by Gasteiger charge is -2.56. The number of carbonyl (C=O) groups excluding carboxylic acids is 1. The Bertz CT molecular complexity index is 1130. The number of nitrogens with two attached hydrogens (primary N) is 1. The first kappa shape index (κ1) is 22.8. The van der Waals surface area contributed by atoms with Gasteiger partial charge in [-0.15, -0.1) is 0 Å². The van der Waals surface area contributed by atoms with Gasteiger partial charge in [0.05, 0.1) is 4.91 Å². The van der Waals surface area contributed by atoms with E-state index >= 15 is 0 Å². The fourth-order valence-corrected chi connectivity index (χ4v) is 8.43. The molecule has 2 N–H and O–H groups in total. The van der Waals surface area contributed by atoms with E-state index in [1.165, 1.54) is 43.9 Å². The monoisotopic (exact) mass is 512 g/mol. The smallest absolute Gasteiger partial charge is 0.266 e. The molecule has 4 aliphatic carbocycles. The van der Waals surface area contributed by atoms with E-state index in [1.807, 2.05) is 35.2 Å². The summed E-state index contributed by atoms with van der Waals surface area (Å²) in [6.07, 6.45) is 10.0. The minimum Gasteiger partial charge on any atom is -0.456 e. The molecule has 7 rings (SSSR count). The Morgan fingerprint density at radius 1 is 1.12 bits per heavy atom. The molecule has 0 spiro atoms. The zero-order chi connectivity index (χ0) is 23.4. The quantitative estimate of drug-likeness (QED) is 0.353. The molecule has 4 bridgehead atoms. The summed E-state index contributed by atoms with van der Waals surface area (Å²) in [6.45, 7) is 0.607. The molecular formula is C27H29ClN2O2S2. The maximum absolute atomic E-state index is 13.7. The molecule has 178 valence electrons. The van der Waals surface area contributed by atoms with E-state index in [-0.39, 0.29) is 11.9 Å². The molecule has 5 fully saturated rings. The number of nitrogens with zero attached hydrogens (tertiary/aromatic N) is 1. The average molecular weight is 513 g/mol. The van der Waals surface area contributed by atoms with Crippen molar-refractivity contribution in [3.63, 3.8) is 0 Å². The highest BCUT2D eigenvalue weighted by Crippen LogP contribution is 2.56. The topological polar surface area (TPSA) is 59.5 Å². The second-order valence-corrected chi connectivity index (χ2v) is 12.5. The van der Waals surface area contributed by atoms with Gasteiger partial charge in [0.2, 0.25) is 0 Å². The van der Waals surface area contributed by atoms with Crippen LogP contribution in [0.15, 0.2) is 39.7 Å². The van der Waals surface area contributed by atoms with Gasteiger partial charge in [-0.25, -0.2) is 0 Å². The Balaban J connectivity index is 1.30. The Hall–Kier alpha value is -1.60. The van der Waals surface area contributed by atoms with Crippen LogP contribution in [0.1, 0.15) is 49.8 Å². The van der Waals surface area contributed by atoms with Gasteiger partial charge in [-0.3, -0.25) is 9.69 Å². The van der Waals surface area contributed by atoms with Crippen molar-refractivity contribution >= 4 is 51.9 Å². The van der Waals surface area contributed by atoms with Crippen LogP contribution in [0.4, 0.5) is 0 Å². The number of furan rings is 1. The second-order valence-electron chi connectivity index (χ2n) is 10.4. The van der Waals surface area contributed by atoms with E-state index in [9.17, 15) is 4.79 Å². The molecule has 5 aliphatic rings. The number of thiocarbonyl (C=S) groups is 1. The van der Waals surface area contributed by atoms with Gasteiger partial charge in [-0.1, -0.05) is 35.6 Å². The molecule has 0 unspecified atom stereocenters. The van der Waals surface area contributed by atoms with Crippen molar-refractivity contribution in [2.45, 2.75) is 51.0 Å². The van der Waals surface area contributed by atoms with Crippen molar-refractivity contribution in [1.82, 2.24) is 4.90 Å². The van der Waals surface area contributed by atoms with Crippen molar-refractivity contribution in [1.29, 1.82) is 0 Å². The van der Waals surface area contributed by atoms with E-state index in [0.29, 0.717) is 32.6 Å². The Kier molecular flexibility index (Phi) is 6.13. The highest BCUT2D eigenvalue weighted by molar-refractivity contribution is 8.26. The number of thioether (sulfide) groups is 1. The molecule has 1 saturated heterocycles. The predicted octanol–water partition coefficient (Wildman–Crippen LogP) is 6.52. The second kappa shape index (κ2) is 9.12. The highest BCUT2D eigenvalue weighted by atomic mass is 35.5. The molecule has 1 aliphatic heterocycles. The molecule has 0 radical (unpaired) electrons. The lowest BCUT2D eigenvalue weighted by atomic mass is 9.54. The van der Waals surface area contributed by atoms with Gasteiger partial charge in [0.1, 0.15) is 15.8 Å². The SMILES string of the molecule is NCCCc1cc(-c2ccc(Cl)cc2)oc1C=C1SC(=S)N(C2C3CC4CC(C3)CC2C4)C1=O. The maximum Gasteiger partial charge on any atom is 0.266 e. The number of hydrogen-bond acceptors (Lipinski definition) is 5. The van der Waals surface area contributed by atoms with Gasteiger partial charge in [0, 0.05) is 22.7 Å². The molecule has 4 saturated carbocycles. The highest BCUT2D eigenvalue weighted by Gasteiger charge is 2.53. The van der Waals surface area contributed by atoms with Gasteiger partial charge in [0.15, 0.2) is 0 Å². The first-order valence-corrected chi connectivity index (χ1v) is 14.0. The van der Waals surface area contributed by atoms with Crippen molar-refractivity contribution in [2.75, 3.05) is 6.54 Å². The minimum atomic E-state index is 0.0571. The zero-order valence-electron chi connectivity index (χ0n) is 19.0. The van der Waals surface area contributed by atoms with Gasteiger partial charge < -0.3 is 10.2 Å². The summed E-state index contributed by atoms with van der Waals surface area (Å²) >= 11 is 13.3. The van der Waals surface area contributed by atoms with Crippen LogP contribution in [0.25, 0.3) is 17.4 Å². The molecule has 1 amide bonds. The van der Waals surface area contributed by atoms with Crippen LogP contribution in [0.2, 0.25) is 5.02 Å². The summed E-state index contributed by atoms with van der Waals surface area (Å²) < 4.78 is 6.98. The molecule has 4 nitrogen and oxygen atoms in total. The van der Waals surface area contributed by atoms with Crippen molar-refractivity contribution < 1.29 is 9.21 Å². The van der Waals surface area contributed by atoms with Gasteiger partial charge >= 0.3 is 0 Å². The van der Waals surface area contributed by atoms with Gasteiger partial charge in [-0.2, -0.15) is 0 Å². The van der Waals surface area contributed by atoms with Crippen LogP contribution in [-0.2, 0) is 11.2 Å². The van der Waals surface area contributed by atoms with E-state index in [4.69, 9.17) is 34.0 Å². The number of hydrogen-bond donors (Lipinski definition) is 1. The van der Waals surface area contributed by atoms with Crippen molar-refractivity contribution in [3.05, 3.63) is 51.6 Å². The third-order valence-electron chi connectivity index (χ3n) is 8.18. The Labute approximate surface area is 215 Å². The van der Waals surface area contributed by atoms with Crippen LogP contribution in [0.5, 0.6) is 0 Å². The summed E-state index contributed by atoms with van der Waals surface area (Å²) in [4.78, 5) is 16.3. The summed E-state index contributed by atoms with van der Waals surface area (Å²) in [5.41, 5.74) is 7.80. The number of halogens is 1. The standard InChI is InChI=1S/C27H29ClN2O2S2/c28-21-5-3-17(4-6-21)22-13-18(2-1-7-29)23(32-22)14-24-26(31)30(27(33)34-24)25-19-9-15-8-16(11-19)12-20(25)10-15/h3-6,13-16,19-20,25H,1-2,7-12,29H2. The molecule has 2 heterocycles. The molecule has 0 atom stereocenters. The fourth-order valence-electron chi connectivity index (χ4n) is 6.98. The molecule has 2 aromatic rings. The summed E-state index contributed by atoms with van der Waals surface area (Å²) in [6, 6.07) is 9.95. The van der Waals surface area contributed by atoms with E-state index in [1.54, 1.807) is 0 Å². The van der Waals surface area contributed by atoms with Gasteiger partial charge in [0.25, 0.3) is 5.91 Å². The molecule has 34 heavy (non-hydrogen) atoms.